The summed E-state index contributed by atoms with van der Waals surface area (Å²) in [7, 11) is -3.55. The molecule has 1 aliphatic carbocycles. The summed E-state index contributed by atoms with van der Waals surface area (Å²) < 4.78 is 27.2. The van der Waals surface area contributed by atoms with Crippen LogP contribution >= 0.6 is 0 Å². The molecule has 106 valence electrons. The fourth-order valence-corrected chi connectivity index (χ4v) is 3.99. The third-order valence-corrected chi connectivity index (χ3v) is 5.40. The van der Waals surface area contributed by atoms with E-state index in [1.165, 1.54) is 18.7 Å². The first-order valence-corrected chi connectivity index (χ1v) is 8.24. The number of aromatic nitrogens is 1. The summed E-state index contributed by atoms with van der Waals surface area (Å²) in [6.07, 6.45) is 6.64. The number of sulfonamides is 1. The minimum absolute atomic E-state index is 0.0207. The van der Waals surface area contributed by atoms with Crippen molar-refractivity contribution in [3.8, 4) is 0 Å². The molecule has 1 aromatic rings. The molecule has 1 aliphatic rings. The molecule has 0 radical (unpaired) electrons. The Labute approximate surface area is 114 Å². The fourth-order valence-electron chi connectivity index (χ4n) is 2.60. The molecular formula is C13H21N3O2S. The molecule has 0 unspecified atom stereocenters. The molecule has 1 fully saturated rings. The molecule has 6 heteroatoms. The van der Waals surface area contributed by atoms with Gasteiger partial charge in [0.1, 0.15) is 10.7 Å². The fraction of sp³-hybridized carbons (Fsp3) is 0.615. The monoisotopic (exact) mass is 283 g/mol. The van der Waals surface area contributed by atoms with Gasteiger partial charge < -0.3 is 5.73 Å². The Kier molecular flexibility index (Phi) is 4.42. The first kappa shape index (κ1) is 14.3. The highest BCUT2D eigenvalue weighted by molar-refractivity contribution is 7.89. The average molecular weight is 283 g/mol. The van der Waals surface area contributed by atoms with E-state index in [0.717, 1.165) is 31.6 Å². The summed E-state index contributed by atoms with van der Waals surface area (Å²) in [4.78, 5) is 3.90. The number of nitrogens with zero attached hydrogens (tertiary/aromatic N) is 1. The van der Waals surface area contributed by atoms with E-state index >= 15 is 0 Å². The van der Waals surface area contributed by atoms with E-state index in [1.54, 1.807) is 6.07 Å². The van der Waals surface area contributed by atoms with Crippen molar-refractivity contribution in [1.29, 1.82) is 0 Å². The highest BCUT2D eigenvalue weighted by Crippen LogP contribution is 2.27. The standard InChI is InChI=1S/C13H21N3O2S/c1-2-10-5-7-11(8-6-10)16-19(17,18)12-4-3-9-15-13(12)14/h3-4,9-11,16H,2,5-8H2,1H3,(H2,14,15). The molecule has 1 saturated carbocycles. The van der Waals surface area contributed by atoms with Crippen molar-refractivity contribution < 1.29 is 8.42 Å². The van der Waals surface area contributed by atoms with Crippen molar-refractivity contribution in [3.63, 3.8) is 0 Å². The molecular weight excluding hydrogens is 262 g/mol. The number of hydrogen-bond donors (Lipinski definition) is 2. The van der Waals surface area contributed by atoms with Crippen LogP contribution in [0.1, 0.15) is 39.0 Å². The van der Waals surface area contributed by atoms with E-state index in [9.17, 15) is 8.42 Å². The lowest BCUT2D eigenvalue weighted by Gasteiger charge is -2.28. The molecule has 0 saturated heterocycles. The predicted molar refractivity (Wildman–Crippen MR) is 75.0 cm³/mol. The molecule has 0 atom stereocenters. The third-order valence-electron chi connectivity index (χ3n) is 3.84. The molecule has 0 amide bonds. The van der Waals surface area contributed by atoms with Crippen LogP contribution in [0, 0.1) is 5.92 Å². The minimum atomic E-state index is -3.55. The van der Waals surface area contributed by atoms with Gasteiger partial charge in [-0.2, -0.15) is 0 Å². The Hall–Kier alpha value is -1.14. The maximum absolute atomic E-state index is 12.2. The molecule has 0 bridgehead atoms. The van der Waals surface area contributed by atoms with Gasteiger partial charge in [-0.05, 0) is 43.7 Å². The topological polar surface area (TPSA) is 85.1 Å². The molecule has 19 heavy (non-hydrogen) atoms. The Morgan fingerprint density at radius 3 is 2.63 bits per heavy atom. The van der Waals surface area contributed by atoms with E-state index in [0.29, 0.717) is 0 Å². The molecule has 1 heterocycles. The normalized spacial score (nSPS) is 24.3. The van der Waals surface area contributed by atoms with Crippen LogP contribution < -0.4 is 10.5 Å². The van der Waals surface area contributed by atoms with Gasteiger partial charge in [0, 0.05) is 12.2 Å². The number of nitrogen functional groups attached to an aromatic ring is 1. The maximum Gasteiger partial charge on any atom is 0.244 e. The van der Waals surface area contributed by atoms with Gasteiger partial charge in [0.15, 0.2) is 0 Å². The molecule has 3 N–H and O–H groups in total. The molecule has 1 aromatic heterocycles. The SMILES string of the molecule is CCC1CCC(NS(=O)(=O)c2cccnc2N)CC1. The lowest BCUT2D eigenvalue weighted by atomic mass is 9.85. The van der Waals surface area contributed by atoms with Crippen LogP contribution in [-0.4, -0.2) is 19.4 Å². The second-order valence-electron chi connectivity index (χ2n) is 5.13. The van der Waals surface area contributed by atoms with Crippen LogP contribution in [0.2, 0.25) is 0 Å². The number of nitrogens with one attached hydrogen (secondary N) is 1. The average Bonchev–Trinajstić information content (AvgIpc) is 2.39. The molecule has 0 aliphatic heterocycles. The van der Waals surface area contributed by atoms with Gasteiger partial charge in [-0.15, -0.1) is 0 Å². The van der Waals surface area contributed by atoms with E-state index < -0.39 is 10.0 Å². The summed E-state index contributed by atoms with van der Waals surface area (Å²) in [5.74, 6) is 0.793. The van der Waals surface area contributed by atoms with Crippen LogP contribution in [-0.2, 0) is 10.0 Å². The minimum Gasteiger partial charge on any atom is -0.383 e. The van der Waals surface area contributed by atoms with Gasteiger partial charge in [0.05, 0.1) is 0 Å². The second-order valence-corrected chi connectivity index (χ2v) is 6.82. The van der Waals surface area contributed by atoms with Crippen molar-refractivity contribution >= 4 is 15.8 Å². The molecule has 2 rings (SSSR count). The number of anilines is 1. The van der Waals surface area contributed by atoms with Gasteiger partial charge in [-0.3, -0.25) is 0 Å². The summed E-state index contributed by atoms with van der Waals surface area (Å²) in [6, 6.07) is 3.09. The van der Waals surface area contributed by atoms with Crippen molar-refractivity contribution in [2.45, 2.75) is 50.0 Å². The Morgan fingerprint density at radius 1 is 1.37 bits per heavy atom. The summed E-state index contributed by atoms with van der Waals surface area (Å²) in [5, 5.41) is 0. The highest BCUT2D eigenvalue weighted by Gasteiger charge is 2.26. The summed E-state index contributed by atoms with van der Waals surface area (Å²) in [5.41, 5.74) is 5.63. The lowest BCUT2D eigenvalue weighted by Crippen LogP contribution is -2.37. The van der Waals surface area contributed by atoms with E-state index in [2.05, 4.69) is 16.6 Å². The zero-order valence-electron chi connectivity index (χ0n) is 11.2. The van der Waals surface area contributed by atoms with E-state index in [-0.39, 0.29) is 16.8 Å². The predicted octanol–water partition coefficient (Wildman–Crippen LogP) is 1.91. The maximum atomic E-state index is 12.2. The van der Waals surface area contributed by atoms with Gasteiger partial charge in [0.2, 0.25) is 10.0 Å². The Morgan fingerprint density at radius 2 is 2.05 bits per heavy atom. The largest absolute Gasteiger partial charge is 0.383 e. The third kappa shape index (κ3) is 3.45. The van der Waals surface area contributed by atoms with E-state index in [4.69, 9.17) is 5.73 Å². The van der Waals surface area contributed by atoms with Crippen molar-refractivity contribution in [2.24, 2.45) is 5.92 Å². The first-order chi connectivity index (χ1) is 9.03. The first-order valence-electron chi connectivity index (χ1n) is 6.75. The van der Waals surface area contributed by atoms with E-state index in [1.807, 2.05) is 0 Å². The van der Waals surface area contributed by atoms with Gasteiger partial charge in [-0.1, -0.05) is 13.3 Å². The lowest BCUT2D eigenvalue weighted by molar-refractivity contribution is 0.306. The van der Waals surface area contributed by atoms with Gasteiger partial charge in [0.25, 0.3) is 0 Å². The van der Waals surface area contributed by atoms with Crippen molar-refractivity contribution in [3.05, 3.63) is 18.3 Å². The Bertz CT molecular complexity index is 522. The summed E-state index contributed by atoms with van der Waals surface area (Å²) >= 11 is 0. The smallest absolute Gasteiger partial charge is 0.244 e. The van der Waals surface area contributed by atoms with Crippen LogP contribution in [0.25, 0.3) is 0 Å². The molecule has 5 nitrogen and oxygen atoms in total. The zero-order valence-corrected chi connectivity index (χ0v) is 12.0. The number of hydrogen-bond acceptors (Lipinski definition) is 4. The number of pyridine rings is 1. The number of rotatable bonds is 4. The number of nitrogens with two attached hydrogens (primary N) is 1. The van der Waals surface area contributed by atoms with Crippen LogP contribution in [0.15, 0.2) is 23.2 Å². The van der Waals surface area contributed by atoms with Gasteiger partial charge in [-0.25, -0.2) is 18.1 Å². The summed E-state index contributed by atoms with van der Waals surface area (Å²) in [6.45, 7) is 2.19. The highest BCUT2D eigenvalue weighted by atomic mass is 32.2. The molecule has 0 aromatic carbocycles. The van der Waals surface area contributed by atoms with Crippen LogP contribution in [0.5, 0.6) is 0 Å². The molecule has 0 spiro atoms. The van der Waals surface area contributed by atoms with Gasteiger partial charge >= 0.3 is 0 Å². The quantitative estimate of drug-likeness (QED) is 0.884. The van der Waals surface area contributed by atoms with Crippen LogP contribution in [0.3, 0.4) is 0 Å². The second kappa shape index (κ2) is 5.88. The zero-order chi connectivity index (χ0) is 13.9. The van der Waals surface area contributed by atoms with Crippen molar-refractivity contribution in [2.75, 3.05) is 5.73 Å². The van der Waals surface area contributed by atoms with Crippen LogP contribution in [0.4, 0.5) is 5.82 Å². The Balaban J connectivity index is 2.05. The van der Waals surface area contributed by atoms with Crippen molar-refractivity contribution in [1.82, 2.24) is 9.71 Å².